The Labute approximate surface area is 325 Å². The summed E-state index contributed by atoms with van der Waals surface area (Å²) in [4.78, 5) is 29.2. The van der Waals surface area contributed by atoms with Crippen LogP contribution in [0.2, 0.25) is 10.0 Å². The molecular formula is C38H41Cl2F2N3O8S. The molecule has 5 rings (SSSR count). The molecule has 2 N–H and O–H groups in total. The molecule has 4 aromatic rings. The molecule has 0 radical (unpaired) electrons. The topological polar surface area (TPSA) is 134 Å². The number of ether oxygens (including phenoxy) is 4. The van der Waals surface area contributed by atoms with E-state index in [0.29, 0.717) is 38.5 Å². The number of halogens is 4. The molecule has 2 aromatic carbocycles. The van der Waals surface area contributed by atoms with Gasteiger partial charge in [0, 0.05) is 30.0 Å². The number of benzene rings is 2. The third-order valence-electron chi connectivity index (χ3n) is 9.13. The second-order valence-corrected chi connectivity index (χ2v) is 14.8. The van der Waals surface area contributed by atoms with Gasteiger partial charge in [-0.05, 0) is 80.2 Å². The van der Waals surface area contributed by atoms with E-state index in [0.717, 1.165) is 49.7 Å². The normalized spacial score (nSPS) is 14.9. The number of piperidine rings is 1. The average molecular weight is 809 g/mol. The number of pyridine rings is 1. The summed E-state index contributed by atoms with van der Waals surface area (Å²) in [5.74, 6) is -2.41. The van der Waals surface area contributed by atoms with Crippen molar-refractivity contribution in [1.82, 2.24) is 10.2 Å². The van der Waals surface area contributed by atoms with Gasteiger partial charge < -0.3 is 34.2 Å². The summed E-state index contributed by atoms with van der Waals surface area (Å²) in [7, 11) is 3.53. The van der Waals surface area contributed by atoms with E-state index in [1.165, 1.54) is 25.3 Å². The first-order valence-corrected chi connectivity index (χ1v) is 18.8. The summed E-state index contributed by atoms with van der Waals surface area (Å²) in [6.07, 6.45) is 4.15. The number of nitrogens with zero attached hydrogens (tertiary/aromatic N) is 2. The third kappa shape index (κ3) is 11.0. The zero-order valence-electron chi connectivity index (χ0n) is 29.6. The molecule has 3 heterocycles. The molecule has 2 atom stereocenters. The number of thiophene rings is 1. The fraction of sp³-hybridized carbons (Fsp3) is 0.395. The van der Waals surface area contributed by atoms with Gasteiger partial charge in [0.2, 0.25) is 0 Å². The summed E-state index contributed by atoms with van der Waals surface area (Å²) in [5, 5.41) is 25.9. The third-order valence-corrected chi connectivity index (χ3v) is 10.9. The molecule has 16 heteroatoms. The Bertz CT molecular complexity index is 1860. The van der Waals surface area contributed by atoms with E-state index in [1.807, 2.05) is 30.3 Å². The highest BCUT2D eigenvalue weighted by molar-refractivity contribution is 7.14. The van der Waals surface area contributed by atoms with E-state index in [-0.39, 0.29) is 58.5 Å². The maximum atomic E-state index is 13.5. The lowest BCUT2D eigenvalue weighted by Crippen LogP contribution is -2.34. The number of carbonyl (C=O) groups is 2. The molecule has 0 aliphatic carbocycles. The van der Waals surface area contributed by atoms with Gasteiger partial charge in [-0.15, -0.1) is 11.3 Å². The summed E-state index contributed by atoms with van der Waals surface area (Å²) in [6, 6.07) is 14.3. The predicted molar refractivity (Wildman–Crippen MR) is 200 cm³/mol. The van der Waals surface area contributed by atoms with E-state index in [2.05, 4.69) is 17.3 Å². The Hall–Kier alpha value is -4.05. The minimum atomic E-state index is -3.13. The summed E-state index contributed by atoms with van der Waals surface area (Å²) in [6.45, 7) is -0.667. The molecule has 1 aliphatic rings. The number of esters is 1. The maximum Gasteiger partial charge on any atom is 0.387 e. The first kappa shape index (κ1) is 41.1. The lowest BCUT2D eigenvalue weighted by Gasteiger charge is -2.29. The van der Waals surface area contributed by atoms with Crippen molar-refractivity contribution in [2.75, 3.05) is 47.1 Å². The molecular weight excluding hydrogens is 767 g/mol. The Kier molecular flexibility index (Phi) is 14.9. The smallest absolute Gasteiger partial charge is 0.387 e. The number of nitrogens with one attached hydrogen (secondary N) is 1. The SMILES string of the molecule is COCCOc1cc([C@H](Cc2c(Cl)c[n+]([O-])cc2Cl)c2cc(CNC(C(=O)OCC3CCN(C)CC3)c3ccccc3)sc2C(=O)O)ccc1OC(F)F. The van der Waals surface area contributed by atoms with Gasteiger partial charge in [-0.3, -0.25) is 5.32 Å². The predicted octanol–water partition coefficient (Wildman–Crippen LogP) is 7.10. The van der Waals surface area contributed by atoms with Crippen LogP contribution < -0.4 is 19.5 Å². The Balaban J connectivity index is 1.49. The number of carbonyl (C=O) groups excluding carboxylic acids is 1. The van der Waals surface area contributed by atoms with Gasteiger partial charge in [0.25, 0.3) is 0 Å². The van der Waals surface area contributed by atoms with E-state index in [4.69, 9.17) is 42.1 Å². The van der Waals surface area contributed by atoms with Crippen LogP contribution >= 0.6 is 34.5 Å². The van der Waals surface area contributed by atoms with Gasteiger partial charge in [-0.2, -0.15) is 13.5 Å². The quantitative estimate of drug-likeness (QED) is 0.0464. The largest absolute Gasteiger partial charge is 0.619 e. The van der Waals surface area contributed by atoms with Crippen molar-refractivity contribution in [3.8, 4) is 11.5 Å². The average Bonchev–Trinajstić information content (AvgIpc) is 3.56. The number of carboxylic acids is 1. The standard InChI is InChI=1S/C38H41Cl2F2N3O8S/c1-44-12-10-23(11-13-44)22-52-37(48)34(24-6-4-3-5-7-24)43-19-26-17-28(35(54-26)36(46)47)27(18-29-30(39)20-45(49)21-31(29)40)25-8-9-32(53-38(41)42)33(16-25)51-15-14-50-2/h3-9,16-17,20-21,23,27,34,38,43H,10-15,18-19,22H2,1-2H3,(H,46,47)/t27-,34?/m0/s1. The van der Waals surface area contributed by atoms with Crippen molar-refractivity contribution in [2.45, 2.75) is 44.4 Å². The van der Waals surface area contributed by atoms with Crippen molar-refractivity contribution in [3.05, 3.63) is 114 Å². The molecule has 0 amide bonds. The molecule has 0 saturated carbocycles. The van der Waals surface area contributed by atoms with E-state index < -0.39 is 30.5 Å². The Morgan fingerprint density at radius 1 is 1.04 bits per heavy atom. The van der Waals surface area contributed by atoms with Gasteiger partial charge in [-0.25, -0.2) is 9.59 Å². The van der Waals surface area contributed by atoms with Gasteiger partial charge >= 0.3 is 18.6 Å². The van der Waals surface area contributed by atoms with Gasteiger partial charge in [0.15, 0.2) is 23.9 Å². The number of aromatic nitrogens is 1. The fourth-order valence-electron chi connectivity index (χ4n) is 6.29. The zero-order chi connectivity index (χ0) is 38.8. The minimum absolute atomic E-state index is 0.00488. The zero-order valence-corrected chi connectivity index (χ0v) is 32.0. The van der Waals surface area contributed by atoms with E-state index >= 15 is 0 Å². The van der Waals surface area contributed by atoms with Crippen LogP contribution in [0.1, 0.15) is 61.6 Å². The van der Waals surface area contributed by atoms with Crippen molar-refractivity contribution >= 4 is 46.5 Å². The number of carboxylic acid groups (broad SMARTS) is 1. The lowest BCUT2D eigenvalue weighted by molar-refractivity contribution is -0.605. The molecule has 0 bridgehead atoms. The monoisotopic (exact) mass is 807 g/mol. The van der Waals surface area contributed by atoms with Crippen LogP contribution in [0.25, 0.3) is 0 Å². The number of methoxy groups -OCH3 is 1. The van der Waals surface area contributed by atoms with Crippen LogP contribution in [0.4, 0.5) is 8.78 Å². The van der Waals surface area contributed by atoms with Crippen molar-refractivity contribution < 1.29 is 47.2 Å². The molecule has 1 unspecified atom stereocenters. The van der Waals surface area contributed by atoms with E-state index in [1.54, 1.807) is 6.07 Å². The van der Waals surface area contributed by atoms with Crippen molar-refractivity contribution in [2.24, 2.45) is 5.92 Å². The number of likely N-dealkylation sites (tertiary alicyclic amines) is 1. The minimum Gasteiger partial charge on any atom is -0.619 e. The molecule has 11 nitrogen and oxygen atoms in total. The number of hydrogen-bond donors (Lipinski definition) is 2. The van der Waals surface area contributed by atoms with Crippen LogP contribution in [-0.2, 0) is 27.2 Å². The molecule has 1 fully saturated rings. The highest BCUT2D eigenvalue weighted by Crippen LogP contribution is 2.41. The molecule has 54 heavy (non-hydrogen) atoms. The number of aromatic carboxylic acids is 1. The fourth-order valence-corrected chi connectivity index (χ4v) is 7.90. The van der Waals surface area contributed by atoms with Crippen LogP contribution in [-0.4, -0.2) is 75.6 Å². The Morgan fingerprint density at radius 3 is 2.39 bits per heavy atom. The van der Waals surface area contributed by atoms with Crippen molar-refractivity contribution in [1.29, 1.82) is 0 Å². The maximum absolute atomic E-state index is 13.5. The first-order valence-electron chi connectivity index (χ1n) is 17.2. The Morgan fingerprint density at radius 2 is 1.74 bits per heavy atom. The highest BCUT2D eigenvalue weighted by Gasteiger charge is 2.30. The highest BCUT2D eigenvalue weighted by atomic mass is 35.5. The molecule has 2 aromatic heterocycles. The van der Waals surface area contributed by atoms with Crippen LogP contribution in [0.15, 0.2) is 67.0 Å². The molecule has 290 valence electrons. The molecule has 1 saturated heterocycles. The van der Waals surface area contributed by atoms with E-state index in [9.17, 15) is 28.7 Å². The van der Waals surface area contributed by atoms with Gasteiger partial charge in [0.1, 0.15) is 27.6 Å². The summed E-state index contributed by atoms with van der Waals surface area (Å²) < 4.78 is 48.4. The van der Waals surface area contributed by atoms with Gasteiger partial charge in [-0.1, -0.05) is 59.6 Å². The molecule has 0 spiro atoms. The van der Waals surface area contributed by atoms with Crippen LogP contribution in [0.5, 0.6) is 11.5 Å². The number of hydrogen-bond acceptors (Lipinski definition) is 10. The second-order valence-electron chi connectivity index (χ2n) is 12.9. The lowest BCUT2D eigenvalue weighted by atomic mass is 9.85. The number of alkyl halides is 2. The molecule has 1 aliphatic heterocycles. The van der Waals surface area contributed by atoms with Crippen molar-refractivity contribution in [3.63, 3.8) is 0 Å². The summed E-state index contributed by atoms with van der Waals surface area (Å²) in [5.41, 5.74) is 1.88. The van der Waals surface area contributed by atoms with Crippen LogP contribution in [0.3, 0.4) is 0 Å². The van der Waals surface area contributed by atoms with Gasteiger partial charge in [0.05, 0.1) is 13.2 Å². The number of rotatable bonds is 18. The second kappa shape index (κ2) is 19.5. The summed E-state index contributed by atoms with van der Waals surface area (Å²) >= 11 is 14.0. The first-order chi connectivity index (χ1) is 25.9. The van der Waals surface area contributed by atoms with Crippen LogP contribution in [0, 0.1) is 11.1 Å².